The van der Waals surface area contributed by atoms with Gasteiger partial charge in [-0.3, -0.25) is 4.79 Å². The summed E-state index contributed by atoms with van der Waals surface area (Å²) < 4.78 is 37.6. The van der Waals surface area contributed by atoms with Crippen LogP contribution in [0.5, 0.6) is 0 Å². The van der Waals surface area contributed by atoms with Crippen LogP contribution in [0.4, 0.5) is 18.9 Å². The van der Waals surface area contributed by atoms with E-state index in [1.165, 1.54) is 19.1 Å². The van der Waals surface area contributed by atoms with Crippen molar-refractivity contribution in [2.75, 3.05) is 5.32 Å². The highest BCUT2D eigenvalue weighted by molar-refractivity contribution is 9.10. The smallest absolute Gasteiger partial charge is 0.325 e. The first-order valence-electron chi connectivity index (χ1n) is 4.65. The average Bonchev–Trinajstić information content (AvgIpc) is 2.19. The van der Waals surface area contributed by atoms with Gasteiger partial charge in [0.15, 0.2) is 0 Å². The summed E-state index contributed by atoms with van der Waals surface area (Å²) in [5.41, 5.74) is 4.50. The first-order chi connectivity index (χ1) is 7.71. The van der Waals surface area contributed by atoms with Gasteiger partial charge in [0.1, 0.15) is 0 Å². The zero-order valence-electron chi connectivity index (χ0n) is 9.22. The number of alkyl halides is 3. The van der Waals surface area contributed by atoms with Gasteiger partial charge in [-0.05, 0) is 25.1 Å². The maximum atomic E-state index is 12.6. The Balaban J connectivity index is 0.00000289. The first kappa shape index (κ1) is 17.2. The van der Waals surface area contributed by atoms with E-state index in [9.17, 15) is 18.0 Å². The summed E-state index contributed by atoms with van der Waals surface area (Å²) in [7, 11) is 0. The summed E-state index contributed by atoms with van der Waals surface area (Å²) in [4.78, 5) is 11.2. The van der Waals surface area contributed by atoms with Gasteiger partial charge in [0.05, 0.1) is 11.6 Å². The SMILES string of the molecule is C[C@@H](N)C(=O)Nc1ccc(Br)c(C(F)(F)F)c1.Cl. The number of carbonyl (C=O) groups is 1. The molecule has 8 heteroatoms. The van der Waals surface area contributed by atoms with E-state index >= 15 is 0 Å². The Morgan fingerprint density at radius 3 is 2.44 bits per heavy atom. The molecule has 0 bridgehead atoms. The molecule has 0 saturated carbocycles. The van der Waals surface area contributed by atoms with Gasteiger partial charge in [-0.2, -0.15) is 13.2 Å². The van der Waals surface area contributed by atoms with Crippen molar-refractivity contribution in [1.29, 1.82) is 0 Å². The number of hydrogen-bond donors (Lipinski definition) is 2. The van der Waals surface area contributed by atoms with Gasteiger partial charge in [-0.15, -0.1) is 12.4 Å². The van der Waals surface area contributed by atoms with Gasteiger partial charge in [0.25, 0.3) is 0 Å². The minimum Gasteiger partial charge on any atom is -0.325 e. The topological polar surface area (TPSA) is 55.1 Å². The largest absolute Gasteiger partial charge is 0.417 e. The van der Waals surface area contributed by atoms with E-state index in [1.54, 1.807) is 0 Å². The van der Waals surface area contributed by atoms with E-state index in [0.29, 0.717) is 0 Å². The Bertz CT molecular complexity index is 438. The van der Waals surface area contributed by atoms with Crippen LogP contribution in [-0.4, -0.2) is 11.9 Å². The number of hydrogen-bond acceptors (Lipinski definition) is 2. The fourth-order valence-corrected chi connectivity index (χ4v) is 1.55. The Hall–Kier alpha value is -0.790. The lowest BCUT2D eigenvalue weighted by molar-refractivity contribution is -0.138. The van der Waals surface area contributed by atoms with Crippen LogP contribution >= 0.6 is 28.3 Å². The summed E-state index contributed by atoms with van der Waals surface area (Å²) in [6.07, 6.45) is -4.48. The second-order valence-electron chi connectivity index (χ2n) is 3.47. The number of benzene rings is 1. The molecule has 3 nitrogen and oxygen atoms in total. The van der Waals surface area contributed by atoms with Crippen molar-refractivity contribution in [2.45, 2.75) is 19.1 Å². The van der Waals surface area contributed by atoms with Crippen LogP contribution in [0.3, 0.4) is 0 Å². The standard InChI is InChI=1S/C10H10BrF3N2O.ClH/c1-5(15)9(17)16-6-2-3-8(11)7(4-6)10(12,13)14;/h2-5H,15H2,1H3,(H,16,17);1H/t5-;/m1./s1. The van der Waals surface area contributed by atoms with Crippen LogP contribution < -0.4 is 11.1 Å². The third-order valence-corrected chi connectivity index (χ3v) is 2.64. The molecule has 1 amide bonds. The van der Waals surface area contributed by atoms with Crippen LogP contribution in [0.2, 0.25) is 0 Å². The quantitative estimate of drug-likeness (QED) is 0.863. The van der Waals surface area contributed by atoms with Gasteiger partial charge in [-0.25, -0.2) is 0 Å². The highest BCUT2D eigenvalue weighted by Crippen LogP contribution is 2.36. The zero-order valence-corrected chi connectivity index (χ0v) is 11.6. The van der Waals surface area contributed by atoms with Crippen LogP contribution in [0.15, 0.2) is 22.7 Å². The van der Waals surface area contributed by atoms with Crippen molar-refractivity contribution in [1.82, 2.24) is 0 Å². The maximum Gasteiger partial charge on any atom is 0.417 e. The number of carbonyl (C=O) groups excluding carboxylic acids is 1. The summed E-state index contributed by atoms with van der Waals surface area (Å²) in [5, 5.41) is 2.30. The van der Waals surface area contributed by atoms with E-state index < -0.39 is 23.7 Å². The molecular weight excluding hydrogens is 336 g/mol. The molecule has 1 rings (SSSR count). The summed E-state index contributed by atoms with van der Waals surface area (Å²) >= 11 is 2.80. The molecule has 0 unspecified atom stereocenters. The Labute approximate surface area is 116 Å². The van der Waals surface area contributed by atoms with Crippen LogP contribution in [0.1, 0.15) is 12.5 Å². The number of rotatable bonds is 2. The fourth-order valence-electron chi connectivity index (χ4n) is 1.08. The highest BCUT2D eigenvalue weighted by Gasteiger charge is 2.33. The molecule has 0 fully saturated rings. The van der Waals surface area contributed by atoms with E-state index in [0.717, 1.165) is 6.07 Å². The summed E-state index contributed by atoms with van der Waals surface area (Å²) in [6, 6.07) is 2.65. The van der Waals surface area contributed by atoms with Gasteiger partial charge in [0.2, 0.25) is 5.91 Å². The molecule has 1 aromatic rings. The van der Waals surface area contributed by atoms with Gasteiger partial charge < -0.3 is 11.1 Å². The van der Waals surface area contributed by atoms with Crippen molar-refractivity contribution in [3.8, 4) is 0 Å². The van der Waals surface area contributed by atoms with Crippen molar-refractivity contribution in [3.05, 3.63) is 28.2 Å². The molecule has 0 aromatic heterocycles. The summed E-state index contributed by atoms with van der Waals surface area (Å²) in [5.74, 6) is -0.541. The second kappa shape index (κ2) is 6.40. The van der Waals surface area contributed by atoms with Gasteiger partial charge in [0, 0.05) is 10.2 Å². The Morgan fingerprint density at radius 2 is 2.00 bits per heavy atom. The number of halogens is 5. The molecule has 3 N–H and O–H groups in total. The van der Waals surface area contributed by atoms with Crippen LogP contribution in [0.25, 0.3) is 0 Å². The molecule has 0 radical (unpaired) electrons. The number of amides is 1. The fraction of sp³-hybridized carbons (Fsp3) is 0.300. The molecule has 0 heterocycles. The molecule has 1 aromatic carbocycles. The highest BCUT2D eigenvalue weighted by atomic mass is 79.9. The molecule has 0 spiro atoms. The van der Waals surface area contributed by atoms with E-state index in [4.69, 9.17) is 5.73 Å². The average molecular weight is 348 g/mol. The molecule has 0 aliphatic carbocycles. The van der Waals surface area contributed by atoms with Crippen molar-refractivity contribution < 1.29 is 18.0 Å². The lowest BCUT2D eigenvalue weighted by atomic mass is 10.2. The van der Waals surface area contributed by atoms with Crippen molar-refractivity contribution in [3.63, 3.8) is 0 Å². The first-order valence-corrected chi connectivity index (χ1v) is 5.44. The number of anilines is 1. The minimum absolute atomic E-state index is 0. The normalized spacial score (nSPS) is 12.6. The van der Waals surface area contributed by atoms with E-state index in [-0.39, 0.29) is 22.6 Å². The molecular formula is C10H11BrClF3N2O. The van der Waals surface area contributed by atoms with E-state index in [2.05, 4.69) is 21.2 Å². The molecule has 18 heavy (non-hydrogen) atoms. The van der Waals surface area contributed by atoms with Crippen LogP contribution in [-0.2, 0) is 11.0 Å². The molecule has 0 aliphatic rings. The predicted molar refractivity (Wildman–Crippen MR) is 68.7 cm³/mol. The van der Waals surface area contributed by atoms with E-state index in [1.807, 2.05) is 0 Å². The van der Waals surface area contributed by atoms with Crippen molar-refractivity contribution >= 4 is 39.9 Å². The molecule has 0 aliphatic heterocycles. The molecule has 102 valence electrons. The number of nitrogens with two attached hydrogens (primary N) is 1. The lowest BCUT2D eigenvalue weighted by Gasteiger charge is -2.12. The number of nitrogens with one attached hydrogen (secondary N) is 1. The Kier molecular flexibility index (Phi) is 6.12. The monoisotopic (exact) mass is 346 g/mol. The predicted octanol–water partition coefficient (Wildman–Crippen LogP) is 3.18. The third kappa shape index (κ3) is 4.47. The Morgan fingerprint density at radius 1 is 1.44 bits per heavy atom. The summed E-state index contributed by atoms with van der Waals surface area (Å²) in [6.45, 7) is 1.44. The van der Waals surface area contributed by atoms with Gasteiger partial charge >= 0.3 is 6.18 Å². The lowest BCUT2D eigenvalue weighted by Crippen LogP contribution is -2.32. The molecule has 0 saturated heterocycles. The third-order valence-electron chi connectivity index (χ3n) is 1.95. The van der Waals surface area contributed by atoms with Crippen molar-refractivity contribution in [2.24, 2.45) is 5.73 Å². The maximum absolute atomic E-state index is 12.6. The molecule has 1 atom stereocenters. The second-order valence-corrected chi connectivity index (χ2v) is 4.32. The zero-order chi connectivity index (χ0) is 13.2. The van der Waals surface area contributed by atoms with Crippen LogP contribution in [0, 0.1) is 0 Å². The minimum atomic E-state index is -4.48. The van der Waals surface area contributed by atoms with Gasteiger partial charge in [-0.1, -0.05) is 15.9 Å².